The van der Waals surface area contributed by atoms with Gasteiger partial charge in [-0.25, -0.2) is 0 Å². The Balaban J connectivity index is 1.46. The average Bonchev–Trinajstić information content (AvgIpc) is 3.21. The highest BCUT2D eigenvalue weighted by atomic mass is 16.7. The van der Waals surface area contributed by atoms with Crippen molar-refractivity contribution in [2.24, 2.45) is 4.99 Å². The Hall–Kier alpha value is -2.63. The van der Waals surface area contributed by atoms with Gasteiger partial charge in [0.25, 0.3) is 0 Å². The second-order valence-electron chi connectivity index (χ2n) is 4.96. The van der Waals surface area contributed by atoms with Gasteiger partial charge in [-0.3, -0.25) is 4.99 Å². The number of aliphatic imine (C=N–C) groups is 1. The molecule has 1 aromatic heterocycles. The highest BCUT2D eigenvalue weighted by molar-refractivity contribution is 5.79. The summed E-state index contributed by atoms with van der Waals surface area (Å²) in [6, 6.07) is 9.98. The van der Waals surface area contributed by atoms with Crippen LogP contribution in [0, 0.1) is 0 Å². The zero-order valence-electron chi connectivity index (χ0n) is 12.6. The molecule has 0 spiro atoms. The van der Waals surface area contributed by atoms with Crippen LogP contribution in [0.3, 0.4) is 0 Å². The molecule has 2 heterocycles. The summed E-state index contributed by atoms with van der Waals surface area (Å²) in [5.74, 6) is 2.39. The van der Waals surface area contributed by atoms with Crippen molar-refractivity contribution in [2.75, 3.05) is 20.4 Å². The molecular formula is C16H20N4O2. The van der Waals surface area contributed by atoms with Crippen molar-refractivity contribution in [1.82, 2.24) is 15.2 Å². The van der Waals surface area contributed by atoms with E-state index < -0.39 is 0 Å². The molecule has 22 heavy (non-hydrogen) atoms. The summed E-state index contributed by atoms with van der Waals surface area (Å²) >= 11 is 0. The second-order valence-corrected chi connectivity index (χ2v) is 4.96. The maximum atomic E-state index is 5.38. The highest BCUT2D eigenvalue weighted by Gasteiger charge is 2.13. The monoisotopic (exact) mass is 300 g/mol. The quantitative estimate of drug-likeness (QED) is 0.650. The molecule has 0 atom stereocenters. The van der Waals surface area contributed by atoms with Crippen molar-refractivity contribution < 1.29 is 9.47 Å². The first kappa shape index (κ1) is 14.3. The van der Waals surface area contributed by atoms with Crippen molar-refractivity contribution >= 4 is 5.96 Å². The minimum Gasteiger partial charge on any atom is -0.454 e. The van der Waals surface area contributed by atoms with Crippen molar-refractivity contribution in [2.45, 2.75) is 13.1 Å². The standard InChI is InChI=1S/C16H20N4O2/c1-17-16(18-6-9-20-7-2-3-8-20)19-11-13-4-5-14-15(10-13)22-12-21-14/h2-5,7-8,10H,6,9,11-12H2,1H3,(H2,17,18,19). The lowest BCUT2D eigenvalue weighted by atomic mass is 10.2. The maximum Gasteiger partial charge on any atom is 0.231 e. The van der Waals surface area contributed by atoms with E-state index in [0.717, 1.165) is 36.1 Å². The van der Waals surface area contributed by atoms with Crippen LogP contribution in [-0.4, -0.2) is 30.9 Å². The molecule has 0 saturated heterocycles. The number of fused-ring (bicyclic) bond motifs is 1. The Labute approximate surface area is 129 Å². The molecule has 3 rings (SSSR count). The van der Waals surface area contributed by atoms with Crippen LogP contribution in [0.25, 0.3) is 0 Å². The van der Waals surface area contributed by atoms with Gasteiger partial charge in [-0.1, -0.05) is 6.07 Å². The molecule has 6 heteroatoms. The lowest BCUT2D eigenvalue weighted by Crippen LogP contribution is -2.38. The zero-order chi connectivity index (χ0) is 15.2. The van der Waals surface area contributed by atoms with Gasteiger partial charge in [-0.15, -0.1) is 0 Å². The lowest BCUT2D eigenvalue weighted by Gasteiger charge is -2.12. The average molecular weight is 300 g/mol. The molecule has 0 bridgehead atoms. The van der Waals surface area contributed by atoms with E-state index in [4.69, 9.17) is 9.47 Å². The van der Waals surface area contributed by atoms with Crippen molar-refractivity contribution in [3.63, 3.8) is 0 Å². The van der Waals surface area contributed by atoms with E-state index in [-0.39, 0.29) is 0 Å². The minimum atomic E-state index is 0.300. The van der Waals surface area contributed by atoms with Crippen LogP contribution in [-0.2, 0) is 13.1 Å². The fourth-order valence-corrected chi connectivity index (χ4v) is 2.28. The summed E-state index contributed by atoms with van der Waals surface area (Å²) < 4.78 is 12.8. The molecule has 2 N–H and O–H groups in total. The van der Waals surface area contributed by atoms with Gasteiger partial charge in [-0.05, 0) is 29.8 Å². The van der Waals surface area contributed by atoms with Crippen molar-refractivity contribution in [3.05, 3.63) is 48.3 Å². The molecule has 2 aromatic rings. The number of aromatic nitrogens is 1. The van der Waals surface area contributed by atoms with Gasteiger partial charge in [-0.2, -0.15) is 0 Å². The molecule has 0 fully saturated rings. The SMILES string of the molecule is CN=C(NCCn1cccc1)NCc1ccc2c(c1)OCO2. The molecule has 116 valence electrons. The molecule has 1 aromatic carbocycles. The van der Waals surface area contributed by atoms with Crippen LogP contribution < -0.4 is 20.1 Å². The van der Waals surface area contributed by atoms with Crippen LogP contribution in [0.1, 0.15) is 5.56 Å². The summed E-state index contributed by atoms with van der Waals surface area (Å²) in [7, 11) is 1.77. The van der Waals surface area contributed by atoms with Gasteiger partial charge in [0.05, 0.1) is 0 Å². The van der Waals surface area contributed by atoms with Crippen LogP contribution >= 0.6 is 0 Å². The predicted molar refractivity (Wildman–Crippen MR) is 85.2 cm³/mol. The van der Waals surface area contributed by atoms with Crippen LogP contribution in [0.2, 0.25) is 0 Å². The van der Waals surface area contributed by atoms with E-state index in [9.17, 15) is 0 Å². The molecule has 0 aliphatic carbocycles. The topological polar surface area (TPSA) is 59.8 Å². The van der Waals surface area contributed by atoms with Crippen LogP contribution in [0.4, 0.5) is 0 Å². The number of guanidine groups is 1. The van der Waals surface area contributed by atoms with Gasteiger partial charge >= 0.3 is 0 Å². The third-order valence-corrected chi connectivity index (χ3v) is 3.45. The molecule has 1 aliphatic rings. The first-order valence-electron chi connectivity index (χ1n) is 7.29. The first-order valence-corrected chi connectivity index (χ1v) is 7.29. The van der Waals surface area contributed by atoms with Crippen molar-refractivity contribution in [1.29, 1.82) is 0 Å². The third-order valence-electron chi connectivity index (χ3n) is 3.45. The molecular weight excluding hydrogens is 280 g/mol. The van der Waals surface area contributed by atoms with E-state index in [1.165, 1.54) is 0 Å². The minimum absolute atomic E-state index is 0.300. The van der Waals surface area contributed by atoms with Gasteiger partial charge < -0.3 is 24.7 Å². The van der Waals surface area contributed by atoms with Gasteiger partial charge in [0, 0.05) is 39.1 Å². The largest absolute Gasteiger partial charge is 0.454 e. The molecule has 6 nitrogen and oxygen atoms in total. The summed E-state index contributed by atoms with van der Waals surface area (Å²) in [5.41, 5.74) is 1.12. The van der Waals surface area contributed by atoms with E-state index >= 15 is 0 Å². The normalized spacial score (nSPS) is 13.2. The Morgan fingerprint density at radius 2 is 2.00 bits per heavy atom. The lowest BCUT2D eigenvalue weighted by molar-refractivity contribution is 0.174. The van der Waals surface area contributed by atoms with Crippen LogP contribution in [0.5, 0.6) is 11.5 Å². The Morgan fingerprint density at radius 3 is 2.82 bits per heavy atom. The van der Waals surface area contributed by atoms with E-state index in [2.05, 4.69) is 20.2 Å². The second kappa shape index (κ2) is 6.89. The third kappa shape index (κ3) is 3.52. The Morgan fingerprint density at radius 1 is 1.18 bits per heavy atom. The number of hydrogen-bond donors (Lipinski definition) is 2. The summed E-state index contributed by atoms with van der Waals surface area (Å²) in [6.07, 6.45) is 4.09. The van der Waals surface area contributed by atoms with Gasteiger partial charge in [0.1, 0.15) is 0 Å². The van der Waals surface area contributed by atoms with E-state index in [1.54, 1.807) is 7.05 Å². The maximum absolute atomic E-state index is 5.38. The number of hydrogen-bond acceptors (Lipinski definition) is 3. The Kier molecular flexibility index (Phi) is 4.48. The van der Waals surface area contributed by atoms with E-state index in [0.29, 0.717) is 13.3 Å². The molecule has 1 aliphatic heterocycles. The zero-order valence-corrected chi connectivity index (χ0v) is 12.6. The predicted octanol–water partition coefficient (Wildman–Crippen LogP) is 1.58. The molecule has 0 unspecified atom stereocenters. The molecule has 0 radical (unpaired) electrons. The highest BCUT2D eigenvalue weighted by Crippen LogP contribution is 2.32. The van der Waals surface area contributed by atoms with Gasteiger partial charge in [0.2, 0.25) is 6.79 Å². The smallest absolute Gasteiger partial charge is 0.231 e. The summed E-state index contributed by atoms with van der Waals surface area (Å²) in [4.78, 5) is 4.22. The van der Waals surface area contributed by atoms with Gasteiger partial charge in [0.15, 0.2) is 17.5 Å². The number of ether oxygens (including phenoxy) is 2. The summed E-state index contributed by atoms with van der Waals surface area (Å²) in [5, 5.41) is 6.58. The molecule has 0 saturated carbocycles. The number of benzene rings is 1. The number of nitrogens with one attached hydrogen (secondary N) is 2. The Bertz CT molecular complexity index is 638. The van der Waals surface area contributed by atoms with Crippen molar-refractivity contribution in [3.8, 4) is 11.5 Å². The van der Waals surface area contributed by atoms with Crippen LogP contribution in [0.15, 0.2) is 47.7 Å². The number of nitrogens with zero attached hydrogens (tertiary/aromatic N) is 2. The fourth-order valence-electron chi connectivity index (χ4n) is 2.28. The number of rotatable bonds is 5. The van der Waals surface area contributed by atoms with E-state index in [1.807, 2.05) is 42.7 Å². The molecule has 0 amide bonds. The summed E-state index contributed by atoms with van der Waals surface area (Å²) in [6.45, 7) is 2.70. The first-order chi connectivity index (χ1) is 10.8. The fraction of sp³-hybridized carbons (Fsp3) is 0.312.